The van der Waals surface area contributed by atoms with Crippen molar-refractivity contribution in [2.24, 2.45) is 0 Å². The molecule has 1 aromatic carbocycles. The molecule has 16 heavy (non-hydrogen) atoms. The largest absolute Gasteiger partial charge is 0.385 e. The average molecular weight is 285 g/mol. The molecule has 0 amide bonds. The fourth-order valence-electron chi connectivity index (χ4n) is 1.72. The predicted molar refractivity (Wildman–Crippen MR) is 66.8 cm³/mol. The molecule has 86 valence electrons. The molecule has 0 atom stereocenters. The van der Waals surface area contributed by atoms with E-state index in [1.54, 1.807) is 11.7 Å². The summed E-state index contributed by atoms with van der Waals surface area (Å²) in [5, 5.41) is 0. The van der Waals surface area contributed by atoms with Crippen LogP contribution in [0.2, 0.25) is 0 Å². The molecule has 0 aliphatic carbocycles. The summed E-state index contributed by atoms with van der Waals surface area (Å²) in [4.78, 5) is 14.5. The molecule has 0 saturated heterocycles. The van der Waals surface area contributed by atoms with Crippen LogP contribution in [-0.4, -0.2) is 23.3 Å². The standard InChI is InChI=1S/C11H13BrN2O2/c1-16-6-2-5-14-10-4-3-8(12)7-9(10)13-11(14)15/h3-4,7H,2,5-6H2,1H3,(H,13,15). The van der Waals surface area contributed by atoms with Gasteiger partial charge in [-0.2, -0.15) is 0 Å². The van der Waals surface area contributed by atoms with Crippen LogP contribution in [0.4, 0.5) is 0 Å². The van der Waals surface area contributed by atoms with E-state index in [2.05, 4.69) is 20.9 Å². The van der Waals surface area contributed by atoms with Gasteiger partial charge >= 0.3 is 5.69 Å². The van der Waals surface area contributed by atoms with Gasteiger partial charge in [-0.25, -0.2) is 4.79 Å². The quantitative estimate of drug-likeness (QED) is 0.875. The SMILES string of the molecule is COCCCn1c(=O)[nH]c2cc(Br)ccc21. The lowest BCUT2D eigenvalue weighted by molar-refractivity contribution is 0.190. The second-order valence-corrected chi connectivity index (χ2v) is 4.51. The van der Waals surface area contributed by atoms with E-state index in [0.29, 0.717) is 13.2 Å². The van der Waals surface area contributed by atoms with Crippen LogP contribution < -0.4 is 5.69 Å². The van der Waals surface area contributed by atoms with Crippen molar-refractivity contribution in [1.29, 1.82) is 0 Å². The molecule has 1 N–H and O–H groups in total. The topological polar surface area (TPSA) is 47.0 Å². The normalized spacial score (nSPS) is 11.1. The first-order chi connectivity index (χ1) is 7.72. The van der Waals surface area contributed by atoms with Crippen molar-refractivity contribution in [2.75, 3.05) is 13.7 Å². The third kappa shape index (κ3) is 2.20. The number of nitrogens with zero attached hydrogens (tertiary/aromatic N) is 1. The van der Waals surface area contributed by atoms with E-state index >= 15 is 0 Å². The zero-order valence-corrected chi connectivity index (χ0v) is 10.6. The summed E-state index contributed by atoms with van der Waals surface area (Å²) in [5.41, 5.74) is 1.73. The molecule has 2 aromatic rings. The molecule has 0 aliphatic heterocycles. The molecule has 0 radical (unpaired) electrons. The number of hydrogen-bond donors (Lipinski definition) is 1. The maximum Gasteiger partial charge on any atom is 0.326 e. The van der Waals surface area contributed by atoms with Crippen molar-refractivity contribution in [1.82, 2.24) is 9.55 Å². The number of methoxy groups -OCH3 is 1. The molecule has 0 aliphatic rings. The molecular weight excluding hydrogens is 272 g/mol. The summed E-state index contributed by atoms with van der Waals surface area (Å²) < 4.78 is 7.68. The number of benzene rings is 1. The van der Waals surface area contributed by atoms with Gasteiger partial charge in [-0.3, -0.25) is 4.57 Å². The van der Waals surface area contributed by atoms with Crippen LogP contribution in [0.5, 0.6) is 0 Å². The molecule has 0 bridgehead atoms. The highest BCUT2D eigenvalue weighted by Gasteiger charge is 2.05. The van der Waals surface area contributed by atoms with Crippen molar-refractivity contribution < 1.29 is 4.74 Å². The summed E-state index contributed by atoms with van der Waals surface area (Å²) in [5.74, 6) is 0. The van der Waals surface area contributed by atoms with Gasteiger partial charge in [0.1, 0.15) is 0 Å². The first-order valence-electron chi connectivity index (χ1n) is 5.09. The Morgan fingerprint density at radius 3 is 3.06 bits per heavy atom. The number of fused-ring (bicyclic) bond motifs is 1. The van der Waals surface area contributed by atoms with E-state index in [9.17, 15) is 4.79 Å². The Bertz CT molecular complexity index is 544. The smallest absolute Gasteiger partial charge is 0.326 e. The summed E-state index contributed by atoms with van der Waals surface area (Å²) in [7, 11) is 1.66. The van der Waals surface area contributed by atoms with Crippen molar-refractivity contribution in [3.63, 3.8) is 0 Å². The first-order valence-corrected chi connectivity index (χ1v) is 5.88. The minimum Gasteiger partial charge on any atom is -0.385 e. The Morgan fingerprint density at radius 1 is 1.50 bits per heavy atom. The van der Waals surface area contributed by atoms with Crippen LogP contribution >= 0.6 is 15.9 Å². The number of halogens is 1. The number of aryl methyl sites for hydroxylation is 1. The third-order valence-electron chi connectivity index (χ3n) is 2.47. The molecule has 0 unspecified atom stereocenters. The van der Waals surface area contributed by atoms with Crippen LogP contribution in [0.25, 0.3) is 11.0 Å². The highest BCUT2D eigenvalue weighted by molar-refractivity contribution is 9.10. The fraction of sp³-hybridized carbons (Fsp3) is 0.364. The van der Waals surface area contributed by atoms with Gasteiger partial charge in [-0.15, -0.1) is 0 Å². The van der Waals surface area contributed by atoms with Gasteiger partial charge < -0.3 is 9.72 Å². The van der Waals surface area contributed by atoms with Gasteiger partial charge in [0.2, 0.25) is 0 Å². The number of ether oxygens (including phenoxy) is 1. The molecule has 4 nitrogen and oxygen atoms in total. The van der Waals surface area contributed by atoms with Crippen LogP contribution in [0, 0.1) is 0 Å². The Kier molecular flexibility index (Phi) is 3.46. The Morgan fingerprint density at radius 2 is 2.31 bits per heavy atom. The number of aromatic amines is 1. The lowest BCUT2D eigenvalue weighted by atomic mass is 10.3. The van der Waals surface area contributed by atoms with E-state index in [0.717, 1.165) is 21.9 Å². The van der Waals surface area contributed by atoms with Gasteiger partial charge in [-0.05, 0) is 24.6 Å². The highest BCUT2D eigenvalue weighted by Crippen LogP contribution is 2.17. The van der Waals surface area contributed by atoms with Gasteiger partial charge in [0.05, 0.1) is 11.0 Å². The summed E-state index contributed by atoms with van der Waals surface area (Å²) >= 11 is 3.38. The second-order valence-electron chi connectivity index (χ2n) is 3.59. The fourth-order valence-corrected chi connectivity index (χ4v) is 2.09. The van der Waals surface area contributed by atoms with Crippen molar-refractivity contribution in [2.45, 2.75) is 13.0 Å². The molecule has 1 aromatic heterocycles. The number of H-pyrrole nitrogens is 1. The van der Waals surface area contributed by atoms with Gasteiger partial charge in [0, 0.05) is 24.7 Å². The molecule has 0 fully saturated rings. The zero-order valence-electron chi connectivity index (χ0n) is 9.00. The summed E-state index contributed by atoms with van der Waals surface area (Å²) in [6.45, 7) is 1.34. The molecule has 1 heterocycles. The minimum atomic E-state index is -0.0656. The van der Waals surface area contributed by atoms with Gasteiger partial charge in [0.15, 0.2) is 0 Å². The molecule has 2 rings (SSSR count). The minimum absolute atomic E-state index is 0.0656. The van der Waals surface area contributed by atoms with E-state index in [1.807, 2.05) is 18.2 Å². The average Bonchev–Trinajstić information content (AvgIpc) is 2.55. The van der Waals surface area contributed by atoms with E-state index in [4.69, 9.17) is 4.74 Å². The lowest BCUT2D eigenvalue weighted by Crippen LogP contribution is -2.17. The monoisotopic (exact) mass is 284 g/mol. The van der Waals surface area contributed by atoms with Crippen LogP contribution in [0.1, 0.15) is 6.42 Å². The van der Waals surface area contributed by atoms with E-state index < -0.39 is 0 Å². The number of rotatable bonds is 4. The van der Waals surface area contributed by atoms with Crippen LogP contribution in [-0.2, 0) is 11.3 Å². The molecule has 5 heteroatoms. The Hall–Kier alpha value is -1.07. The van der Waals surface area contributed by atoms with Crippen LogP contribution in [0.15, 0.2) is 27.5 Å². The number of hydrogen-bond acceptors (Lipinski definition) is 2. The maximum atomic E-state index is 11.7. The van der Waals surface area contributed by atoms with Crippen molar-refractivity contribution >= 4 is 27.0 Å². The zero-order chi connectivity index (χ0) is 11.5. The summed E-state index contributed by atoms with van der Waals surface area (Å²) in [6, 6.07) is 5.77. The number of imidazole rings is 1. The lowest BCUT2D eigenvalue weighted by Gasteiger charge is -2.02. The first kappa shape index (κ1) is 11.4. The van der Waals surface area contributed by atoms with Gasteiger partial charge in [0.25, 0.3) is 0 Å². The summed E-state index contributed by atoms with van der Waals surface area (Å²) in [6.07, 6.45) is 0.833. The van der Waals surface area contributed by atoms with E-state index in [-0.39, 0.29) is 5.69 Å². The molecule has 0 saturated carbocycles. The molecular formula is C11H13BrN2O2. The van der Waals surface area contributed by atoms with Gasteiger partial charge in [-0.1, -0.05) is 15.9 Å². The van der Waals surface area contributed by atoms with Crippen molar-refractivity contribution in [3.05, 3.63) is 33.2 Å². The number of nitrogens with one attached hydrogen (secondary N) is 1. The van der Waals surface area contributed by atoms with Crippen LogP contribution in [0.3, 0.4) is 0 Å². The van der Waals surface area contributed by atoms with Crippen molar-refractivity contribution in [3.8, 4) is 0 Å². The Balaban J connectivity index is 2.36. The number of aromatic nitrogens is 2. The predicted octanol–water partition coefficient (Wildman–Crippen LogP) is 2.13. The second kappa shape index (κ2) is 4.84. The Labute approximate surface area is 101 Å². The highest BCUT2D eigenvalue weighted by atomic mass is 79.9. The third-order valence-corrected chi connectivity index (χ3v) is 2.96. The van der Waals surface area contributed by atoms with E-state index in [1.165, 1.54) is 0 Å². The maximum absolute atomic E-state index is 11.7. The molecule has 0 spiro atoms.